The van der Waals surface area contributed by atoms with Crippen LogP contribution in [0.15, 0.2) is 48.5 Å². The van der Waals surface area contributed by atoms with Gasteiger partial charge in [0.25, 0.3) is 0 Å². The molecule has 0 saturated carbocycles. The first-order chi connectivity index (χ1) is 20.8. The highest BCUT2D eigenvalue weighted by Crippen LogP contribution is 2.47. The van der Waals surface area contributed by atoms with E-state index in [0.29, 0.717) is 41.5 Å². The number of hydrogen-bond acceptors (Lipinski definition) is 7. The lowest BCUT2D eigenvalue weighted by Crippen LogP contribution is -2.39. The van der Waals surface area contributed by atoms with E-state index in [1.165, 1.54) is 12.1 Å². The number of anilines is 1. The van der Waals surface area contributed by atoms with Gasteiger partial charge in [0.2, 0.25) is 5.88 Å². The highest BCUT2D eigenvalue weighted by molar-refractivity contribution is 5.89. The van der Waals surface area contributed by atoms with E-state index in [4.69, 9.17) is 19.2 Å². The largest absolute Gasteiger partial charge is 0.493 e. The van der Waals surface area contributed by atoms with Crippen LogP contribution in [0.25, 0.3) is 11.1 Å². The van der Waals surface area contributed by atoms with E-state index >= 15 is 0 Å². The maximum absolute atomic E-state index is 13.2. The number of halogens is 1. The van der Waals surface area contributed by atoms with Gasteiger partial charge in [-0.15, -0.1) is 0 Å². The van der Waals surface area contributed by atoms with E-state index in [9.17, 15) is 19.4 Å². The first kappa shape index (κ1) is 33.2. The van der Waals surface area contributed by atoms with Crippen molar-refractivity contribution in [3.8, 4) is 22.8 Å². The molecular weight excluding hydrogens is 563 g/mol. The van der Waals surface area contributed by atoms with Crippen molar-refractivity contribution >= 4 is 11.7 Å². The second kappa shape index (κ2) is 13.9. The fourth-order valence-electron chi connectivity index (χ4n) is 5.40. The van der Waals surface area contributed by atoms with Gasteiger partial charge < -0.3 is 29.3 Å². The minimum Gasteiger partial charge on any atom is -0.493 e. The van der Waals surface area contributed by atoms with Crippen LogP contribution in [-0.4, -0.2) is 59.7 Å². The molecule has 1 unspecified atom stereocenters. The van der Waals surface area contributed by atoms with E-state index < -0.39 is 17.7 Å². The van der Waals surface area contributed by atoms with Gasteiger partial charge in [-0.3, -0.25) is 0 Å². The first-order valence-corrected chi connectivity index (χ1v) is 15.2. The zero-order chi connectivity index (χ0) is 32.1. The molecule has 4 rings (SSSR count). The molecule has 2 heterocycles. The number of carboxylic acids is 1. The summed E-state index contributed by atoms with van der Waals surface area (Å²) in [7, 11) is 0. The molecule has 0 aliphatic carbocycles. The zero-order valence-corrected chi connectivity index (χ0v) is 26.7. The highest BCUT2D eigenvalue weighted by atomic mass is 19.1. The van der Waals surface area contributed by atoms with Crippen molar-refractivity contribution < 1.29 is 33.6 Å². The lowest BCUT2D eigenvalue weighted by atomic mass is 9.82. The van der Waals surface area contributed by atoms with Crippen LogP contribution in [0.3, 0.4) is 0 Å². The number of hydrogen-bond donors (Lipinski definition) is 2. The summed E-state index contributed by atoms with van der Waals surface area (Å²) in [4.78, 5) is 19.7. The van der Waals surface area contributed by atoms with E-state index in [2.05, 4.69) is 18.7 Å². The summed E-state index contributed by atoms with van der Waals surface area (Å²) in [5.74, 6) is -0.378. The van der Waals surface area contributed by atoms with E-state index in [1.807, 2.05) is 45.0 Å². The molecule has 1 saturated heterocycles. The van der Waals surface area contributed by atoms with Gasteiger partial charge >= 0.3 is 5.97 Å². The summed E-state index contributed by atoms with van der Waals surface area (Å²) in [5, 5.41) is 20.0. The zero-order valence-electron chi connectivity index (χ0n) is 26.7. The Labute approximate surface area is 259 Å². The lowest BCUT2D eigenvalue weighted by Gasteiger charge is -2.41. The molecule has 2 aromatic carbocycles. The molecule has 1 aliphatic rings. The van der Waals surface area contributed by atoms with Crippen LogP contribution in [0.4, 0.5) is 10.1 Å². The van der Waals surface area contributed by atoms with Gasteiger partial charge in [0.1, 0.15) is 18.2 Å². The standard InChI is InChI=1S/C35H45FN2O6/c1-23-28(31(33(40)41)44-34(2,3)4)30(38-18-16-35(5,6)17-19-38)29(32(37-23)43-22-20-39)25-9-13-27(14-10-25)42-21-15-24-7-11-26(36)12-8-24/h7-14,31,39H,15-22H2,1-6H3,(H,40,41). The average Bonchev–Trinajstić information content (AvgIpc) is 2.96. The molecule has 1 aliphatic heterocycles. The molecule has 0 bridgehead atoms. The Kier molecular flexibility index (Phi) is 10.5. The Hall–Kier alpha value is -3.69. The second-order valence-corrected chi connectivity index (χ2v) is 13.1. The third-order valence-electron chi connectivity index (χ3n) is 7.80. The molecule has 44 heavy (non-hydrogen) atoms. The Morgan fingerprint density at radius 1 is 1.02 bits per heavy atom. The number of rotatable bonds is 12. The van der Waals surface area contributed by atoms with Crippen molar-refractivity contribution in [1.29, 1.82) is 0 Å². The number of aryl methyl sites for hydroxylation is 1. The monoisotopic (exact) mass is 608 g/mol. The maximum atomic E-state index is 13.2. The predicted molar refractivity (Wildman–Crippen MR) is 169 cm³/mol. The molecule has 238 valence electrons. The predicted octanol–water partition coefficient (Wildman–Crippen LogP) is 6.76. The first-order valence-electron chi connectivity index (χ1n) is 15.2. The van der Waals surface area contributed by atoms with Crippen molar-refractivity contribution in [3.63, 3.8) is 0 Å². The number of ether oxygens (including phenoxy) is 3. The van der Waals surface area contributed by atoms with Gasteiger partial charge in [-0.1, -0.05) is 38.1 Å². The minimum atomic E-state index is -1.26. The van der Waals surface area contributed by atoms with Crippen molar-refractivity contribution in [2.45, 2.75) is 72.5 Å². The number of aliphatic hydroxyl groups is 1. The summed E-state index contributed by atoms with van der Waals surface area (Å²) in [5.41, 5.74) is 3.57. The van der Waals surface area contributed by atoms with Crippen LogP contribution in [0.5, 0.6) is 11.6 Å². The second-order valence-electron chi connectivity index (χ2n) is 13.1. The summed E-state index contributed by atoms with van der Waals surface area (Å²) in [6.45, 7) is 13.5. The smallest absolute Gasteiger partial charge is 0.337 e. The molecular formula is C35H45FN2O6. The fourth-order valence-corrected chi connectivity index (χ4v) is 5.40. The third-order valence-corrected chi connectivity index (χ3v) is 7.80. The van der Waals surface area contributed by atoms with Crippen molar-refractivity contribution in [1.82, 2.24) is 4.98 Å². The van der Waals surface area contributed by atoms with Crippen molar-refractivity contribution in [3.05, 3.63) is 71.2 Å². The van der Waals surface area contributed by atoms with Crippen LogP contribution in [-0.2, 0) is 16.0 Å². The molecule has 1 atom stereocenters. The Morgan fingerprint density at radius 3 is 2.23 bits per heavy atom. The molecule has 2 N–H and O–H groups in total. The quantitative estimate of drug-likeness (QED) is 0.233. The lowest BCUT2D eigenvalue weighted by molar-refractivity contribution is -0.160. The number of aliphatic carboxylic acids is 1. The number of nitrogens with zero attached hydrogens (tertiary/aromatic N) is 2. The van der Waals surface area contributed by atoms with Crippen molar-refractivity contribution in [2.24, 2.45) is 5.41 Å². The number of piperidine rings is 1. The Bertz CT molecular complexity index is 1410. The minimum absolute atomic E-state index is 0.0384. The van der Waals surface area contributed by atoms with E-state index in [-0.39, 0.29) is 24.4 Å². The van der Waals surface area contributed by atoms with Gasteiger partial charge in [0.05, 0.1) is 30.1 Å². The molecule has 9 heteroatoms. The van der Waals surface area contributed by atoms with Gasteiger partial charge in [0.15, 0.2) is 6.10 Å². The number of aliphatic hydroxyl groups excluding tert-OH is 1. The normalized spacial score (nSPS) is 15.6. The molecule has 0 radical (unpaired) electrons. The Balaban J connectivity index is 1.79. The number of benzene rings is 2. The van der Waals surface area contributed by atoms with E-state index in [1.54, 1.807) is 19.1 Å². The summed E-state index contributed by atoms with van der Waals surface area (Å²) in [6, 6.07) is 13.9. The topological polar surface area (TPSA) is 101 Å². The van der Waals surface area contributed by atoms with Crippen LogP contribution >= 0.6 is 0 Å². The van der Waals surface area contributed by atoms with Gasteiger partial charge in [-0.2, -0.15) is 0 Å². The number of pyridine rings is 1. The molecule has 1 fully saturated rings. The fraction of sp³-hybridized carbons (Fsp3) is 0.486. The summed E-state index contributed by atoms with van der Waals surface area (Å²) >= 11 is 0. The molecule has 8 nitrogen and oxygen atoms in total. The van der Waals surface area contributed by atoms with Gasteiger partial charge in [0, 0.05) is 30.8 Å². The van der Waals surface area contributed by atoms with Crippen LogP contribution in [0.2, 0.25) is 0 Å². The average molecular weight is 609 g/mol. The van der Waals surface area contributed by atoms with E-state index in [0.717, 1.165) is 42.7 Å². The Morgan fingerprint density at radius 2 is 1.66 bits per heavy atom. The summed E-state index contributed by atoms with van der Waals surface area (Å²) in [6.07, 6.45) is 1.23. The maximum Gasteiger partial charge on any atom is 0.337 e. The molecule has 3 aromatic rings. The van der Waals surface area contributed by atoms with Gasteiger partial charge in [-0.25, -0.2) is 14.2 Å². The number of carboxylic acid groups (broad SMARTS) is 1. The van der Waals surface area contributed by atoms with Gasteiger partial charge in [-0.05, 0) is 81.3 Å². The van der Waals surface area contributed by atoms with Crippen molar-refractivity contribution in [2.75, 3.05) is 37.8 Å². The van der Waals surface area contributed by atoms with Crippen LogP contribution in [0, 0.1) is 18.2 Å². The third kappa shape index (κ3) is 8.48. The highest BCUT2D eigenvalue weighted by Gasteiger charge is 2.37. The molecule has 0 spiro atoms. The SMILES string of the molecule is Cc1nc(OCCO)c(-c2ccc(OCCc3ccc(F)cc3)cc2)c(N2CCC(C)(C)CC2)c1C(OC(C)(C)C)C(=O)O. The molecule has 1 aromatic heterocycles. The van der Waals surface area contributed by atoms with Crippen LogP contribution < -0.4 is 14.4 Å². The van der Waals surface area contributed by atoms with Crippen LogP contribution in [0.1, 0.15) is 70.4 Å². The molecule has 0 amide bonds. The number of aromatic nitrogens is 1. The number of carbonyl (C=O) groups is 1. The summed E-state index contributed by atoms with van der Waals surface area (Å²) < 4.78 is 31.4.